The monoisotopic (exact) mass is 280 g/mol. The third-order valence-corrected chi connectivity index (χ3v) is 3.78. The van der Waals surface area contributed by atoms with E-state index >= 15 is 0 Å². The van der Waals surface area contributed by atoms with E-state index in [0.29, 0.717) is 18.0 Å². The third kappa shape index (κ3) is 3.10. The quantitative estimate of drug-likeness (QED) is 0.871. The second-order valence-corrected chi connectivity index (χ2v) is 4.99. The molecular weight excluding hydrogens is 259 g/mol. The molecule has 1 heterocycles. The minimum atomic E-state index is -0.421. The number of ether oxygens (including phenoxy) is 1. The van der Waals surface area contributed by atoms with Crippen molar-refractivity contribution in [1.82, 2.24) is 5.32 Å². The van der Waals surface area contributed by atoms with Crippen molar-refractivity contribution < 1.29 is 13.9 Å². The number of benzene rings is 1. The van der Waals surface area contributed by atoms with Crippen molar-refractivity contribution in [3.05, 3.63) is 29.6 Å². The number of hydrogen-bond acceptors (Lipinski definition) is 3. The standard InChI is InChI=1S/C15H21FN2O2/c1-3-13-10(7-8-20-13)9-18-15(19)11-5-4-6-12(16)14(11)17-2/h4-6,10,13,17H,3,7-9H2,1-2H3,(H,18,19). The number of nitrogens with one attached hydrogen (secondary N) is 2. The largest absolute Gasteiger partial charge is 0.385 e. The Morgan fingerprint density at radius 2 is 2.30 bits per heavy atom. The van der Waals surface area contributed by atoms with E-state index in [1.54, 1.807) is 19.2 Å². The van der Waals surface area contributed by atoms with E-state index in [9.17, 15) is 9.18 Å². The SMILES string of the molecule is CCC1OCCC1CNC(=O)c1cccc(F)c1NC. The lowest BCUT2D eigenvalue weighted by Gasteiger charge is -2.18. The fourth-order valence-electron chi connectivity index (χ4n) is 2.66. The number of rotatable bonds is 5. The summed E-state index contributed by atoms with van der Waals surface area (Å²) in [6, 6.07) is 4.49. The van der Waals surface area contributed by atoms with Crippen LogP contribution in [0.3, 0.4) is 0 Å². The molecule has 5 heteroatoms. The first-order valence-corrected chi connectivity index (χ1v) is 7.03. The van der Waals surface area contributed by atoms with Gasteiger partial charge in [0.05, 0.1) is 17.4 Å². The zero-order valence-electron chi connectivity index (χ0n) is 11.9. The van der Waals surface area contributed by atoms with Crippen LogP contribution in [0.25, 0.3) is 0 Å². The number of para-hydroxylation sites is 1. The van der Waals surface area contributed by atoms with Crippen LogP contribution in [0.4, 0.5) is 10.1 Å². The highest BCUT2D eigenvalue weighted by atomic mass is 19.1. The molecule has 1 aliphatic rings. The molecule has 1 saturated heterocycles. The summed E-state index contributed by atoms with van der Waals surface area (Å²) in [4.78, 5) is 12.2. The summed E-state index contributed by atoms with van der Waals surface area (Å²) in [5, 5.41) is 5.61. The molecule has 2 unspecified atom stereocenters. The Morgan fingerprint density at radius 3 is 3.00 bits per heavy atom. The Bertz CT molecular complexity index is 479. The minimum Gasteiger partial charge on any atom is -0.385 e. The van der Waals surface area contributed by atoms with Gasteiger partial charge in [0.2, 0.25) is 0 Å². The molecule has 1 aromatic carbocycles. The zero-order chi connectivity index (χ0) is 14.5. The molecule has 2 N–H and O–H groups in total. The highest BCUT2D eigenvalue weighted by Gasteiger charge is 2.27. The molecule has 0 spiro atoms. The first-order chi connectivity index (χ1) is 9.67. The Labute approximate surface area is 118 Å². The predicted octanol–water partition coefficient (Wildman–Crippen LogP) is 2.41. The van der Waals surface area contributed by atoms with Crippen molar-refractivity contribution in [1.29, 1.82) is 0 Å². The lowest BCUT2D eigenvalue weighted by atomic mass is 9.99. The second kappa shape index (κ2) is 6.70. The van der Waals surface area contributed by atoms with Crippen LogP contribution in [0.15, 0.2) is 18.2 Å². The molecule has 0 aromatic heterocycles. The van der Waals surface area contributed by atoms with Crippen LogP contribution in [0.2, 0.25) is 0 Å². The van der Waals surface area contributed by atoms with Crippen LogP contribution in [0.5, 0.6) is 0 Å². The molecule has 2 rings (SSSR count). The molecule has 0 bridgehead atoms. The van der Waals surface area contributed by atoms with Crippen LogP contribution in [-0.2, 0) is 4.74 Å². The molecule has 1 aliphatic heterocycles. The number of anilines is 1. The van der Waals surface area contributed by atoms with Crippen molar-refractivity contribution in [3.63, 3.8) is 0 Å². The van der Waals surface area contributed by atoms with Gasteiger partial charge in [-0.15, -0.1) is 0 Å². The zero-order valence-corrected chi connectivity index (χ0v) is 11.9. The van der Waals surface area contributed by atoms with Crippen molar-refractivity contribution in [2.24, 2.45) is 5.92 Å². The molecule has 1 amide bonds. The molecule has 20 heavy (non-hydrogen) atoms. The van der Waals surface area contributed by atoms with Gasteiger partial charge >= 0.3 is 0 Å². The lowest BCUT2D eigenvalue weighted by Crippen LogP contribution is -2.33. The van der Waals surface area contributed by atoms with Gasteiger partial charge in [-0.3, -0.25) is 4.79 Å². The molecule has 0 aliphatic carbocycles. The van der Waals surface area contributed by atoms with Crippen LogP contribution < -0.4 is 10.6 Å². The number of halogens is 1. The second-order valence-electron chi connectivity index (χ2n) is 4.99. The van der Waals surface area contributed by atoms with Gasteiger partial charge in [0.15, 0.2) is 0 Å². The van der Waals surface area contributed by atoms with E-state index in [1.165, 1.54) is 6.07 Å². The minimum absolute atomic E-state index is 0.214. The first-order valence-electron chi connectivity index (χ1n) is 7.03. The van der Waals surface area contributed by atoms with Gasteiger partial charge in [-0.2, -0.15) is 0 Å². The van der Waals surface area contributed by atoms with E-state index in [0.717, 1.165) is 19.4 Å². The maximum absolute atomic E-state index is 13.6. The summed E-state index contributed by atoms with van der Waals surface area (Å²) < 4.78 is 19.2. The molecule has 0 saturated carbocycles. The highest BCUT2D eigenvalue weighted by molar-refractivity contribution is 5.99. The normalized spacial score (nSPS) is 21.8. The Hall–Kier alpha value is -1.62. The maximum Gasteiger partial charge on any atom is 0.253 e. The summed E-state index contributed by atoms with van der Waals surface area (Å²) in [7, 11) is 1.60. The summed E-state index contributed by atoms with van der Waals surface area (Å²) in [5.41, 5.74) is 0.569. The molecular formula is C15H21FN2O2. The smallest absolute Gasteiger partial charge is 0.253 e. The van der Waals surface area contributed by atoms with E-state index in [4.69, 9.17) is 4.74 Å². The van der Waals surface area contributed by atoms with Gasteiger partial charge < -0.3 is 15.4 Å². The van der Waals surface area contributed by atoms with Gasteiger partial charge in [0.1, 0.15) is 5.82 Å². The van der Waals surface area contributed by atoms with E-state index in [1.807, 2.05) is 0 Å². The molecule has 4 nitrogen and oxygen atoms in total. The summed E-state index contributed by atoms with van der Waals surface area (Å²) >= 11 is 0. The first kappa shape index (κ1) is 14.8. The third-order valence-electron chi connectivity index (χ3n) is 3.78. The Kier molecular flexibility index (Phi) is 4.95. The molecule has 110 valence electrons. The van der Waals surface area contributed by atoms with Crippen LogP contribution >= 0.6 is 0 Å². The van der Waals surface area contributed by atoms with Crippen LogP contribution in [-0.4, -0.2) is 32.2 Å². The highest BCUT2D eigenvalue weighted by Crippen LogP contribution is 2.23. The fourth-order valence-corrected chi connectivity index (χ4v) is 2.66. The average molecular weight is 280 g/mol. The Balaban J connectivity index is 2.00. The predicted molar refractivity (Wildman–Crippen MR) is 76.4 cm³/mol. The van der Waals surface area contributed by atoms with Crippen LogP contribution in [0.1, 0.15) is 30.1 Å². The maximum atomic E-state index is 13.6. The number of carbonyl (C=O) groups is 1. The van der Waals surface area contributed by atoms with Crippen molar-refractivity contribution in [2.75, 3.05) is 25.5 Å². The summed E-state index contributed by atoms with van der Waals surface area (Å²) in [6.45, 7) is 3.40. The van der Waals surface area contributed by atoms with E-state index in [2.05, 4.69) is 17.6 Å². The van der Waals surface area contributed by atoms with Crippen molar-refractivity contribution in [2.45, 2.75) is 25.9 Å². The van der Waals surface area contributed by atoms with Gasteiger partial charge in [-0.25, -0.2) is 4.39 Å². The summed E-state index contributed by atoms with van der Waals surface area (Å²) in [6.07, 6.45) is 2.12. The van der Waals surface area contributed by atoms with Crippen LogP contribution in [0, 0.1) is 11.7 Å². The van der Waals surface area contributed by atoms with Gasteiger partial charge in [-0.05, 0) is 25.0 Å². The fraction of sp³-hybridized carbons (Fsp3) is 0.533. The topological polar surface area (TPSA) is 50.4 Å². The molecule has 2 atom stereocenters. The van der Waals surface area contributed by atoms with Gasteiger partial charge in [0.25, 0.3) is 5.91 Å². The molecule has 1 fully saturated rings. The molecule has 1 aromatic rings. The van der Waals surface area contributed by atoms with Gasteiger partial charge in [0, 0.05) is 26.1 Å². The van der Waals surface area contributed by atoms with Gasteiger partial charge in [-0.1, -0.05) is 13.0 Å². The average Bonchev–Trinajstić information content (AvgIpc) is 2.91. The lowest BCUT2D eigenvalue weighted by molar-refractivity contribution is 0.0827. The van der Waals surface area contributed by atoms with E-state index in [-0.39, 0.29) is 17.7 Å². The van der Waals surface area contributed by atoms with Crippen molar-refractivity contribution in [3.8, 4) is 0 Å². The summed E-state index contributed by atoms with van der Waals surface area (Å²) in [5.74, 6) is -0.332. The van der Waals surface area contributed by atoms with E-state index < -0.39 is 5.82 Å². The number of carbonyl (C=O) groups excluding carboxylic acids is 1. The van der Waals surface area contributed by atoms with Crippen molar-refractivity contribution >= 4 is 11.6 Å². The number of amides is 1. The number of hydrogen-bond donors (Lipinski definition) is 2. The Morgan fingerprint density at radius 1 is 1.50 bits per heavy atom. The molecule has 0 radical (unpaired) electrons.